The molecule has 2 nitrogen and oxygen atoms in total. The van der Waals surface area contributed by atoms with Gasteiger partial charge in [-0.05, 0) is 62.0 Å². The zero-order valence-electron chi connectivity index (χ0n) is 12.4. The molecule has 4 heteroatoms. The molecule has 1 heterocycles. The fraction of sp³-hybridized carbons (Fsp3) is 0.353. The molecule has 0 saturated carbocycles. The van der Waals surface area contributed by atoms with Crippen LogP contribution < -0.4 is 5.32 Å². The van der Waals surface area contributed by atoms with Crippen LogP contribution in [0, 0.1) is 0 Å². The standard InChI is InChI=1S/C17H20Br2N2/c1-3-5-12-6-8-13(9-7-12)16(20-4-2)17-15(19)10-14(18)11-21-17/h6-11,16,20H,3-5H2,1-2H3. The fourth-order valence-corrected chi connectivity index (χ4v) is 3.60. The normalized spacial score (nSPS) is 12.4. The van der Waals surface area contributed by atoms with E-state index in [1.165, 1.54) is 17.5 Å². The topological polar surface area (TPSA) is 24.9 Å². The van der Waals surface area contributed by atoms with E-state index in [4.69, 9.17) is 0 Å². The maximum atomic E-state index is 4.58. The van der Waals surface area contributed by atoms with Gasteiger partial charge in [0.2, 0.25) is 0 Å². The summed E-state index contributed by atoms with van der Waals surface area (Å²) in [6.45, 7) is 5.22. The van der Waals surface area contributed by atoms with Gasteiger partial charge in [-0.1, -0.05) is 44.5 Å². The molecule has 0 aliphatic rings. The summed E-state index contributed by atoms with van der Waals surface area (Å²) in [5.41, 5.74) is 3.65. The van der Waals surface area contributed by atoms with Gasteiger partial charge in [-0.2, -0.15) is 0 Å². The van der Waals surface area contributed by atoms with Crippen LogP contribution in [0.15, 0.2) is 45.5 Å². The lowest BCUT2D eigenvalue weighted by atomic mass is 10.00. The Morgan fingerprint density at radius 1 is 1.14 bits per heavy atom. The van der Waals surface area contributed by atoms with E-state index in [1.54, 1.807) is 0 Å². The van der Waals surface area contributed by atoms with Gasteiger partial charge in [0.25, 0.3) is 0 Å². The van der Waals surface area contributed by atoms with Crippen LogP contribution in [-0.2, 0) is 6.42 Å². The summed E-state index contributed by atoms with van der Waals surface area (Å²) in [6, 6.07) is 11.0. The summed E-state index contributed by atoms with van der Waals surface area (Å²) in [7, 11) is 0. The Bertz CT molecular complexity index is 582. The van der Waals surface area contributed by atoms with Crippen LogP contribution in [0.5, 0.6) is 0 Å². The van der Waals surface area contributed by atoms with Crippen molar-refractivity contribution in [3.8, 4) is 0 Å². The quantitative estimate of drug-likeness (QED) is 0.701. The molecule has 1 aromatic heterocycles. The molecule has 0 fully saturated rings. The Balaban J connectivity index is 2.33. The molecule has 21 heavy (non-hydrogen) atoms. The number of benzene rings is 1. The SMILES string of the molecule is CCCc1ccc(C(NCC)c2ncc(Br)cc2Br)cc1. The third-order valence-corrected chi connectivity index (χ3v) is 4.44. The molecule has 2 aromatic rings. The predicted molar refractivity (Wildman–Crippen MR) is 95.6 cm³/mol. The Labute approximate surface area is 143 Å². The molecule has 2 rings (SSSR count). The number of aromatic nitrogens is 1. The van der Waals surface area contributed by atoms with Crippen LogP contribution in [0.25, 0.3) is 0 Å². The van der Waals surface area contributed by atoms with E-state index in [0.29, 0.717) is 0 Å². The zero-order valence-corrected chi connectivity index (χ0v) is 15.5. The monoisotopic (exact) mass is 410 g/mol. The molecular formula is C17H20Br2N2. The van der Waals surface area contributed by atoms with Crippen molar-refractivity contribution in [3.05, 3.63) is 62.3 Å². The molecule has 0 radical (unpaired) electrons. The second-order valence-electron chi connectivity index (χ2n) is 5.00. The van der Waals surface area contributed by atoms with E-state index in [9.17, 15) is 0 Å². The highest BCUT2D eigenvalue weighted by molar-refractivity contribution is 9.11. The van der Waals surface area contributed by atoms with Crippen LogP contribution in [0.4, 0.5) is 0 Å². The van der Waals surface area contributed by atoms with Crippen molar-refractivity contribution < 1.29 is 0 Å². The largest absolute Gasteiger partial charge is 0.305 e. The molecule has 0 spiro atoms. The molecule has 0 amide bonds. The van der Waals surface area contributed by atoms with Crippen molar-refractivity contribution in [1.29, 1.82) is 0 Å². The van der Waals surface area contributed by atoms with Crippen LogP contribution in [-0.4, -0.2) is 11.5 Å². The van der Waals surface area contributed by atoms with Crippen molar-refractivity contribution in [2.45, 2.75) is 32.7 Å². The summed E-state index contributed by atoms with van der Waals surface area (Å²) in [5, 5.41) is 3.52. The Kier molecular flexibility index (Phi) is 6.40. The molecule has 0 aliphatic carbocycles. The van der Waals surface area contributed by atoms with Gasteiger partial charge >= 0.3 is 0 Å². The first-order valence-electron chi connectivity index (χ1n) is 7.28. The van der Waals surface area contributed by atoms with E-state index in [2.05, 4.69) is 80.3 Å². The average Bonchev–Trinajstić information content (AvgIpc) is 2.47. The summed E-state index contributed by atoms with van der Waals surface area (Å²) < 4.78 is 1.99. The molecule has 1 unspecified atom stereocenters. The highest BCUT2D eigenvalue weighted by Gasteiger charge is 2.17. The second-order valence-corrected chi connectivity index (χ2v) is 6.77. The molecule has 1 N–H and O–H groups in total. The van der Waals surface area contributed by atoms with Crippen LogP contribution in [0.3, 0.4) is 0 Å². The lowest BCUT2D eigenvalue weighted by Crippen LogP contribution is -2.23. The summed E-state index contributed by atoms with van der Waals surface area (Å²) >= 11 is 7.08. The number of hydrogen-bond acceptors (Lipinski definition) is 2. The van der Waals surface area contributed by atoms with Gasteiger partial charge < -0.3 is 5.32 Å². The predicted octanol–water partition coefficient (Wildman–Crippen LogP) is 5.26. The first kappa shape index (κ1) is 16.7. The molecule has 0 bridgehead atoms. The maximum absolute atomic E-state index is 4.58. The molecule has 0 saturated heterocycles. The van der Waals surface area contributed by atoms with Crippen molar-refractivity contribution in [1.82, 2.24) is 10.3 Å². The van der Waals surface area contributed by atoms with Gasteiger partial charge in [0.05, 0.1) is 11.7 Å². The minimum absolute atomic E-state index is 0.105. The number of hydrogen-bond donors (Lipinski definition) is 1. The molecular weight excluding hydrogens is 392 g/mol. The minimum Gasteiger partial charge on any atom is -0.305 e. The number of nitrogens with one attached hydrogen (secondary N) is 1. The van der Waals surface area contributed by atoms with Crippen molar-refractivity contribution in [2.24, 2.45) is 0 Å². The van der Waals surface area contributed by atoms with E-state index < -0.39 is 0 Å². The lowest BCUT2D eigenvalue weighted by Gasteiger charge is -2.19. The van der Waals surface area contributed by atoms with Crippen LogP contribution >= 0.6 is 31.9 Å². The van der Waals surface area contributed by atoms with E-state index >= 15 is 0 Å². The fourth-order valence-electron chi connectivity index (χ4n) is 2.38. The van der Waals surface area contributed by atoms with Crippen LogP contribution in [0.2, 0.25) is 0 Å². The van der Waals surface area contributed by atoms with Gasteiger partial charge in [0, 0.05) is 15.1 Å². The number of halogens is 2. The third kappa shape index (κ3) is 4.38. The first-order chi connectivity index (χ1) is 10.2. The minimum atomic E-state index is 0.105. The second kappa shape index (κ2) is 8.06. The van der Waals surface area contributed by atoms with Crippen molar-refractivity contribution in [3.63, 3.8) is 0 Å². The number of nitrogens with zero attached hydrogens (tertiary/aromatic N) is 1. The van der Waals surface area contributed by atoms with Gasteiger partial charge in [-0.3, -0.25) is 4.98 Å². The summed E-state index contributed by atoms with van der Waals surface area (Å²) in [5.74, 6) is 0. The lowest BCUT2D eigenvalue weighted by molar-refractivity contribution is 0.612. The van der Waals surface area contributed by atoms with Crippen LogP contribution in [0.1, 0.15) is 43.1 Å². The Morgan fingerprint density at radius 2 is 1.86 bits per heavy atom. The van der Waals surface area contributed by atoms with E-state index in [0.717, 1.165) is 27.6 Å². The van der Waals surface area contributed by atoms with Crippen molar-refractivity contribution in [2.75, 3.05) is 6.54 Å². The number of pyridine rings is 1. The maximum Gasteiger partial charge on any atom is 0.0762 e. The first-order valence-corrected chi connectivity index (χ1v) is 8.87. The number of rotatable bonds is 6. The summed E-state index contributed by atoms with van der Waals surface area (Å²) in [4.78, 5) is 4.58. The van der Waals surface area contributed by atoms with E-state index in [-0.39, 0.29) is 6.04 Å². The molecule has 1 atom stereocenters. The number of aryl methyl sites for hydroxylation is 1. The summed E-state index contributed by atoms with van der Waals surface area (Å²) in [6.07, 6.45) is 4.15. The highest BCUT2D eigenvalue weighted by atomic mass is 79.9. The highest BCUT2D eigenvalue weighted by Crippen LogP contribution is 2.29. The molecule has 112 valence electrons. The van der Waals surface area contributed by atoms with Crippen molar-refractivity contribution >= 4 is 31.9 Å². The Morgan fingerprint density at radius 3 is 2.43 bits per heavy atom. The molecule has 1 aromatic carbocycles. The van der Waals surface area contributed by atoms with E-state index in [1.807, 2.05) is 12.3 Å². The molecule has 0 aliphatic heterocycles. The smallest absolute Gasteiger partial charge is 0.0762 e. The van der Waals surface area contributed by atoms with Gasteiger partial charge in [0.1, 0.15) is 0 Å². The average molecular weight is 412 g/mol. The van der Waals surface area contributed by atoms with Gasteiger partial charge in [0.15, 0.2) is 0 Å². The third-order valence-electron chi connectivity index (χ3n) is 3.37. The van der Waals surface area contributed by atoms with Gasteiger partial charge in [-0.15, -0.1) is 0 Å². The Hall–Kier alpha value is -0.710. The zero-order chi connectivity index (χ0) is 15.2. The van der Waals surface area contributed by atoms with Gasteiger partial charge in [-0.25, -0.2) is 0 Å².